The van der Waals surface area contributed by atoms with Crippen LogP contribution in [0.1, 0.15) is 26.3 Å². The molecule has 1 N–H and O–H groups in total. The Bertz CT molecular complexity index is 558. The summed E-state index contributed by atoms with van der Waals surface area (Å²) in [6.45, 7) is 7.21. The van der Waals surface area contributed by atoms with Gasteiger partial charge in [-0.05, 0) is 37.6 Å². The summed E-state index contributed by atoms with van der Waals surface area (Å²) in [7, 11) is -0.863. The van der Waals surface area contributed by atoms with Gasteiger partial charge in [-0.15, -0.1) is 0 Å². The standard InChI is InChI=1S/C17H25NO4S/c1-4-21-15-9-7-14(13-16(15)22-5-2)8-10-17(19)18-11-12-23(20)6-3/h7-10,13H,4-6,11-12H2,1-3H3,(H,18,19)/b10-8+/t23-/m1/s1. The predicted octanol–water partition coefficient (Wildman–Crippen LogP) is 2.38. The molecular formula is C17H25NO4S. The van der Waals surface area contributed by atoms with Crippen LogP contribution in [0.25, 0.3) is 6.08 Å². The molecule has 0 heterocycles. The number of rotatable bonds is 10. The van der Waals surface area contributed by atoms with Crippen molar-refractivity contribution < 1.29 is 18.5 Å². The van der Waals surface area contributed by atoms with E-state index in [1.807, 2.05) is 39.0 Å². The van der Waals surface area contributed by atoms with Crippen LogP contribution in [0.3, 0.4) is 0 Å². The van der Waals surface area contributed by atoms with E-state index in [9.17, 15) is 9.00 Å². The van der Waals surface area contributed by atoms with Crippen LogP contribution in [0.15, 0.2) is 24.3 Å². The van der Waals surface area contributed by atoms with Crippen LogP contribution in [-0.2, 0) is 15.6 Å². The van der Waals surface area contributed by atoms with Crippen LogP contribution in [0.5, 0.6) is 11.5 Å². The molecule has 0 aliphatic heterocycles. The summed E-state index contributed by atoms with van der Waals surface area (Å²) in [5, 5.41) is 2.71. The van der Waals surface area contributed by atoms with E-state index in [2.05, 4.69) is 5.32 Å². The largest absolute Gasteiger partial charge is 0.490 e. The van der Waals surface area contributed by atoms with Gasteiger partial charge in [0.05, 0.1) is 13.2 Å². The molecule has 0 unspecified atom stereocenters. The molecule has 6 heteroatoms. The molecule has 0 saturated carbocycles. The monoisotopic (exact) mass is 339 g/mol. The summed E-state index contributed by atoms with van der Waals surface area (Å²) in [5.74, 6) is 2.24. The van der Waals surface area contributed by atoms with E-state index in [4.69, 9.17) is 9.47 Å². The summed E-state index contributed by atoms with van der Waals surface area (Å²) < 4.78 is 22.3. The van der Waals surface area contributed by atoms with Gasteiger partial charge < -0.3 is 14.8 Å². The third-order valence-corrected chi connectivity index (χ3v) is 4.25. The first-order valence-corrected chi connectivity index (χ1v) is 9.30. The van der Waals surface area contributed by atoms with Crippen molar-refractivity contribution >= 4 is 22.8 Å². The third-order valence-electron chi connectivity index (χ3n) is 2.95. The second-order valence-electron chi connectivity index (χ2n) is 4.63. The zero-order chi connectivity index (χ0) is 17.1. The second kappa shape index (κ2) is 10.8. The Morgan fingerprint density at radius 2 is 1.87 bits per heavy atom. The smallest absolute Gasteiger partial charge is 0.244 e. The maximum absolute atomic E-state index is 11.7. The molecule has 23 heavy (non-hydrogen) atoms. The van der Waals surface area contributed by atoms with E-state index >= 15 is 0 Å². The van der Waals surface area contributed by atoms with Crippen molar-refractivity contribution in [1.82, 2.24) is 5.32 Å². The maximum Gasteiger partial charge on any atom is 0.244 e. The Hall–Kier alpha value is -1.82. The minimum Gasteiger partial charge on any atom is -0.490 e. The van der Waals surface area contributed by atoms with Crippen molar-refractivity contribution in [2.45, 2.75) is 20.8 Å². The number of hydrogen-bond acceptors (Lipinski definition) is 4. The van der Waals surface area contributed by atoms with E-state index in [-0.39, 0.29) is 5.91 Å². The highest BCUT2D eigenvalue weighted by Crippen LogP contribution is 2.28. The Morgan fingerprint density at radius 1 is 1.17 bits per heavy atom. The molecule has 0 aromatic heterocycles. The Kier molecular flexibility index (Phi) is 9.05. The normalized spacial score (nSPS) is 12.1. The highest BCUT2D eigenvalue weighted by Gasteiger charge is 2.05. The van der Waals surface area contributed by atoms with Crippen molar-refractivity contribution in [3.05, 3.63) is 29.8 Å². The van der Waals surface area contributed by atoms with Crippen molar-refractivity contribution in [3.8, 4) is 11.5 Å². The Morgan fingerprint density at radius 3 is 2.52 bits per heavy atom. The highest BCUT2D eigenvalue weighted by molar-refractivity contribution is 7.84. The molecule has 1 rings (SSSR count). The fourth-order valence-corrected chi connectivity index (χ4v) is 2.45. The summed E-state index contributed by atoms with van der Waals surface area (Å²) in [5.41, 5.74) is 0.851. The molecule has 1 amide bonds. The fourth-order valence-electron chi connectivity index (χ4n) is 1.83. The van der Waals surface area contributed by atoms with Gasteiger partial charge in [0.25, 0.3) is 0 Å². The minimum atomic E-state index is -0.863. The first kappa shape index (κ1) is 19.2. The number of benzene rings is 1. The molecule has 5 nitrogen and oxygen atoms in total. The lowest BCUT2D eigenvalue weighted by molar-refractivity contribution is -0.116. The Labute approximate surface area is 140 Å². The zero-order valence-corrected chi connectivity index (χ0v) is 14.8. The second-order valence-corrected chi connectivity index (χ2v) is 6.49. The topological polar surface area (TPSA) is 64.6 Å². The Balaban J connectivity index is 2.63. The molecule has 1 atom stereocenters. The minimum absolute atomic E-state index is 0.204. The van der Waals surface area contributed by atoms with Crippen molar-refractivity contribution in [2.75, 3.05) is 31.3 Å². The molecule has 1 aromatic carbocycles. The lowest BCUT2D eigenvalue weighted by Gasteiger charge is -2.11. The molecule has 0 radical (unpaired) electrons. The van der Waals surface area contributed by atoms with Gasteiger partial charge in [-0.1, -0.05) is 13.0 Å². The summed E-state index contributed by atoms with van der Waals surface area (Å²) in [4.78, 5) is 11.7. The lowest BCUT2D eigenvalue weighted by atomic mass is 10.2. The number of carbonyl (C=O) groups is 1. The number of ether oxygens (including phenoxy) is 2. The molecule has 0 aliphatic rings. The van der Waals surface area contributed by atoms with Crippen LogP contribution in [-0.4, -0.2) is 41.4 Å². The molecule has 0 spiro atoms. The van der Waals surface area contributed by atoms with Gasteiger partial charge in [0.2, 0.25) is 5.91 Å². The van der Waals surface area contributed by atoms with Crippen LogP contribution in [0.4, 0.5) is 0 Å². The van der Waals surface area contributed by atoms with E-state index in [1.165, 1.54) is 6.08 Å². The quantitative estimate of drug-likeness (QED) is 0.665. The van der Waals surface area contributed by atoms with Gasteiger partial charge in [-0.25, -0.2) is 0 Å². The third kappa shape index (κ3) is 7.32. The first-order chi connectivity index (χ1) is 11.1. The van der Waals surface area contributed by atoms with Gasteiger partial charge in [0, 0.05) is 34.9 Å². The SMILES string of the molecule is CCOc1ccc(/C=C/C(=O)NCC[S@](=O)CC)cc1OCC. The molecule has 128 valence electrons. The average Bonchev–Trinajstić information content (AvgIpc) is 2.55. The van der Waals surface area contributed by atoms with Gasteiger partial charge in [-0.3, -0.25) is 9.00 Å². The van der Waals surface area contributed by atoms with E-state index < -0.39 is 10.8 Å². The maximum atomic E-state index is 11.7. The van der Waals surface area contributed by atoms with Crippen LogP contribution in [0.2, 0.25) is 0 Å². The molecule has 1 aromatic rings. The summed E-state index contributed by atoms with van der Waals surface area (Å²) in [6, 6.07) is 5.53. The summed E-state index contributed by atoms with van der Waals surface area (Å²) >= 11 is 0. The van der Waals surface area contributed by atoms with E-state index in [0.29, 0.717) is 42.8 Å². The summed E-state index contributed by atoms with van der Waals surface area (Å²) in [6.07, 6.45) is 3.17. The molecule has 0 fully saturated rings. The molecule has 0 bridgehead atoms. The lowest BCUT2D eigenvalue weighted by Crippen LogP contribution is -2.26. The number of hydrogen-bond donors (Lipinski definition) is 1. The number of amides is 1. The van der Waals surface area contributed by atoms with Crippen LogP contribution < -0.4 is 14.8 Å². The van der Waals surface area contributed by atoms with Gasteiger partial charge in [0.15, 0.2) is 11.5 Å². The number of carbonyl (C=O) groups excluding carboxylic acids is 1. The van der Waals surface area contributed by atoms with E-state index in [1.54, 1.807) is 6.08 Å². The molecular weight excluding hydrogens is 314 g/mol. The van der Waals surface area contributed by atoms with Crippen molar-refractivity contribution in [2.24, 2.45) is 0 Å². The van der Waals surface area contributed by atoms with Gasteiger partial charge in [-0.2, -0.15) is 0 Å². The van der Waals surface area contributed by atoms with Crippen LogP contribution >= 0.6 is 0 Å². The fraction of sp³-hybridized carbons (Fsp3) is 0.471. The average molecular weight is 339 g/mol. The predicted molar refractivity (Wildman–Crippen MR) is 94.4 cm³/mol. The number of nitrogens with one attached hydrogen (secondary N) is 1. The van der Waals surface area contributed by atoms with Crippen molar-refractivity contribution in [1.29, 1.82) is 0 Å². The molecule has 0 saturated heterocycles. The highest BCUT2D eigenvalue weighted by atomic mass is 32.2. The van der Waals surface area contributed by atoms with Crippen LogP contribution in [0, 0.1) is 0 Å². The first-order valence-electron chi connectivity index (χ1n) is 7.81. The zero-order valence-electron chi connectivity index (χ0n) is 14.0. The van der Waals surface area contributed by atoms with Gasteiger partial charge in [0.1, 0.15) is 0 Å². The van der Waals surface area contributed by atoms with Gasteiger partial charge >= 0.3 is 0 Å². The van der Waals surface area contributed by atoms with Crippen molar-refractivity contribution in [3.63, 3.8) is 0 Å². The van der Waals surface area contributed by atoms with E-state index in [0.717, 1.165) is 5.56 Å². The molecule has 0 aliphatic carbocycles.